The summed E-state index contributed by atoms with van der Waals surface area (Å²) in [6.45, 7) is 6.76. The van der Waals surface area contributed by atoms with Gasteiger partial charge in [0, 0.05) is 5.54 Å². The van der Waals surface area contributed by atoms with Crippen LogP contribution >= 0.6 is 24.0 Å². The average molecular weight is 403 g/mol. The molecule has 0 saturated heterocycles. The van der Waals surface area contributed by atoms with Gasteiger partial charge in [0.25, 0.3) is 0 Å². The number of unbranched alkanes of at least 4 members (excludes halogenated alkanes) is 3. The monoisotopic (exact) mass is 403 g/mol. The minimum absolute atomic E-state index is 0. The molecule has 0 spiro atoms. The Hall–Kier alpha value is -0.0900. The molecule has 0 heterocycles. The number of hydrogen-bond donors (Lipinski definition) is 1. The van der Waals surface area contributed by atoms with Crippen LogP contribution in [-0.4, -0.2) is 0 Å². The van der Waals surface area contributed by atoms with Gasteiger partial charge in [-0.15, -0.1) is 24.0 Å². The topological polar surface area (TPSA) is 26.0 Å². The SMILES string of the molecule is CCCCc1ccccc1C(N)(CCCC)CCCC.I. The van der Waals surface area contributed by atoms with Gasteiger partial charge in [-0.25, -0.2) is 0 Å². The molecule has 0 radical (unpaired) electrons. The summed E-state index contributed by atoms with van der Waals surface area (Å²) < 4.78 is 0. The van der Waals surface area contributed by atoms with Crippen LogP contribution in [0, 0.1) is 0 Å². The van der Waals surface area contributed by atoms with Gasteiger partial charge in [-0.05, 0) is 36.8 Å². The molecule has 1 aromatic rings. The molecule has 0 saturated carbocycles. The number of halogens is 1. The molecular formula is C19H34IN. The van der Waals surface area contributed by atoms with Gasteiger partial charge in [0.05, 0.1) is 0 Å². The minimum atomic E-state index is -0.115. The van der Waals surface area contributed by atoms with Crippen LogP contribution < -0.4 is 5.73 Å². The van der Waals surface area contributed by atoms with E-state index < -0.39 is 0 Å². The maximum atomic E-state index is 6.86. The molecule has 0 aliphatic heterocycles. The smallest absolute Gasteiger partial charge is 0.0412 e. The summed E-state index contributed by atoms with van der Waals surface area (Å²) in [6.07, 6.45) is 10.8. The fourth-order valence-corrected chi connectivity index (χ4v) is 2.97. The number of nitrogens with two attached hydrogens (primary N) is 1. The van der Waals surface area contributed by atoms with Gasteiger partial charge in [-0.3, -0.25) is 0 Å². The Labute approximate surface area is 149 Å². The molecule has 0 unspecified atom stereocenters. The molecule has 2 heteroatoms. The molecular weight excluding hydrogens is 369 g/mol. The van der Waals surface area contributed by atoms with E-state index in [1.807, 2.05) is 0 Å². The molecule has 1 rings (SSSR count). The summed E-state index contributed by atoms with van der Waals surface area (Å²) in [5.74, 6) is 0. The lowest BCUT2D eigenvalue weighted by molar-refractivity contribution is 0.351. The normalized spacial score (nSPS) is 11.2. The quantitative estimate of drug-likeness (QED) is 0.464. The number of benzene rings is 1. The minimum Gasteiger partial charge on any atom is -0.321 e. The molecule has 0 fully saturated rings. The first-order valence-corrected chi connectivity index (χ1v) is 8.55. The number of rotatable bonds is 10. The van der Waals surface area contributed by atoms with Gasteiger partial charge >= 0.3 is 0 Å². The van der Waals surface area contributed by atoms with E-state index in [2.05, 4.69) is 45.0 Å². The lowest BCUT2D eigenvalue weighted by atomic mass is 9.78. The second kappa shape index (κ2) is 11.5. The zero-order valence-electron chi connectivity index (χ0n) is 14.2. The van der Waals surface area contributed by atoms with Gasteiger partial charge < -0.3 is 5.73 Å². The van der Waals surface area contributed by atoms with Crippen molar-refractivity contribution in [3.8, 4) is 0 Å². The van der Waals surface area contributed by atoms with E-state index in [0.717, 1.165) is 12.8 Å². The Morgan fingerprint density at radius 2 is 1.38 bits per heavy atom. The molecule has 0 atom stereocenters. The molecule has 0 amide bonds. The van der Waals surface area contributed by atoms with E-state index in [1.165, 1.54) is 56.1 Å². The number of hydrogen-bond acceptors (Lipinski definition) is 1. The van der Waals surface area contributed by atoms with E-state index >= 15 is 0 Å². The highest BCUT2D eigenvalue weighted by atomic mass is 127. The highest BCUT2D eigenvalue weighted by Crippen LogP contribution is 2.33. The van der Waals surface area contributed by atoms with Gasteiger partial charge in [0.1, 0.15) is 0 Å². The highest BCUT2D eigenvalue weighted by molar-refractivity contribution is 14.0. The molecule has 122 valence electrons. The van der Waals surface area contributed by atoms with E-state index in [1.54, 1.807) is 0 Å². The second-order valence-electron chi connectivity index (χ2n) is 6.12. The van der Waals surface area contributed by atoms with Crippen molar-refractivity contribution in [2.45, 2.75) is 84.1 Å². The Bertz CT molecular complexity index is 368. The Morgan fingerprint density at radius 3 is 1.90 bits per heavy atom. The molecule has 1 nitrogen and oxygen atoms in total. The first-order chi connectivity index (χ1) is 9.68. The van der Waals surface area contributed by atoms with E-state index in [4.69, 9.17) is 5.73 Å². The summed E-state index contributed by atoms with van der Waals surface area (Å²) in [5.41, 5.74) is 9.64. The van der Waals surface area contributed by atoms with Crippen molar-refractivity contribution in [3.05, 3.63) is 35.4 Å². The third-order valence-corrected chi connectivity index (χ3v) is 4.31. The Balaban J connectivity index is 0.00000400. The third kappa shape index (κ3) is 6.68. The summed E-state index contributed by atoms with van der Waals surface area (Å²) in [4.78, 5) is 0. The molecule has 0 bridgehead atoms. The van der Waals surface area contributed by atoms with Crippen LogP contribution in [-0.2, 0) is 12.0 Å². The van der Waals surface area contributed by atoms with Crippen LogP contribution in [0.15, 0.2) is 24.3 Å². The van der Waals surface area contributed by atoms with Crippen LogP contribution in [0.4, 0.5) is 0 Å². The van der Waals surface area contributed by atoms with Crippen LogP contribution in [0.1, 0.15) is 83.3 Å². The van der Waals surface area contributed by atoms with Crippen LogP contribution in [0.5, 0.6) is 0 Å². The van der Waals surface area contributed by atoms with Gasteiger partial charge in [-0.2, -0.15) is 0 Å². The van der Waals surface area contributed by atoms with Crippen molar-refractivity contribution in [2.75, 3.05) is 0 Å². The standard InChI is InChI=1S/C19H33N.HI/c1-4-7-12-17-13-10-11-14-18(17)19(20,15-8-5-2)16-9-6-3;/h10-11,13-14H,4-9,12,15-16,20H2,1-3H3;1H. The summed E-state index contributed by atoms with van der Waals surface area (Å²) in [7, 11) is 0. The van der Waals surface area contributed by atoms with Crippen molar-refractivity contribution in [3.63, 3.8) is 0 Å². The van der Waals surface area contributed by atoms with Gasteiger partial charge in [-0.1, -0.05) is 77.1 Å². The Morgan fingerprint density at radius 1 is 0.857 bits per heavy atom. The molecule has 2 N–H and O–H groups in total. The van der Waals surface area contributed by atoms with Crippen molar-refractivity contribution < 1.29 is 0 Å². The first kappa shape index (κ1) is 20.9. The summed E-state index contributed by atoms with van der Waals surface area (Å²) in [6, 6.07) is 8.87. The predicted octanol–water partition coefficient (Wildman–Crippen LogP) is 6.18. The van der Waals surface area contributed by atoms with Crippen molar-refractivity contribution >= 4 is 24.0 Å². The fourth-order valence-electron chi connectivity index (χ4n) is 2.97. The third-order valence-electron chi connectivity index (χ3n) is 4.31. The molecule has 0 aliphatic rings. The zero-order chi connectivity index (χ0) is 14.8. The van der Waals surface area contributed by atoms with Crippen LogP contribution in [0.2, 0.25) is 0 Å². The largest absolute Gasteiger partial charge is 0.321 e. The lowest BCUT2D eigenvalue weighted by Crippen LogP contribution is -2.37. The molecule has 0 aromatic heterocycles. The molecule has 1 aromatic carbocycles. The van der Waals surface area contributed by atoms with Crippen LogP contribution in [0.3, 0.4) is 0 Å². The number of aryl methyl sites for hydroxylation is 1. The van der Waals surface area contributed by atoms with E-state index in [-0.39, 0.29) is 29.5 Å². The molecule has 21 heavy (non-hydrogen) atoms. The predicted molar refractivity (Wildman–Crippen MR) is 105 cm³/mol. The van der Waals surface area contributed by atoms with E-state index in [9.17, 15) is 0 Å². The van der Waals surface area contributed by atoms with E-state index in [0.29, 0.717) is 0 Å². The lowest BCUT2D eigenvalue weighted by Gasteiger charge is -2.32. The summed E-state index contributed by atoms with van der Waals surface area (Å²) in [5, 5.41) is 0. The highest BCUT2D eigenvalue weighted by Gasteiger charge is 2.27. The van der Waals surface area contributed by atoms with Crippen molar-refractivity contribution in [1.82, 2.24) is 0 Å². The molecule has 0 aliphatic carbocycles. The van der Waals surface area contributed by atoms with Gasteiger partial charge in [0.2, 0.25) is 0 Å². The van der Waals surface area contributed by atoms with Gasteiger partial charge in [0.15, 0.2) is 0 Å². The van der Waals surface area contributed by atoms with Crippen molar-refractivity contribution in [1.29, 1.82) is 0 Å². The maximum Gasteiger partial charge on any atom is 0.0412 e. The van der Waals surface area contributed by atoms with Crippen molar-refractivity contribution in [2.24, 2.45) is 5.73 Å². The Kier molecular flexibility index (Phi) is 11.4. The zero-order valence-corrected chi connectivity index (χ0v) is 16.5. The fraction of sp³-hybridized carbons (Fsp3) is 0.684. The first-order valence-electron chi connectivity index (χ1n) is 8.55. The van der Waals surface area contributed by atoms with Crippen LogP contribution in [0.25, 0.3) is 0 Å². The maximum absolute atomic E-state index is 6.86. The average Bonchev–Trinajstić information content (AvgIpc) is 2.49. The summed E-state index contributed by atoms with van der Waals surface area (Å²) >= 11 is 0. The second-order valence-corrected chi connectivity index (χ2v) is 6.12.